The molecule has 272 valence electrons. The minimum absolute atomic E-state index is 0.00131. The predicted octanol–water partition coefficient (Wildman–Crippen LogP) is -1.57. The maximum atomic E-state index is 13.9. The van der Waals surface area contributed by atoms with Crippen LogP contribution in [-0.4, -0.2) is 94.8 Å². The molecule has 13 N–H and O–H groups in total. The van der Waals surface area contributed by atoms with E-state index in [2.05, 4.69) is 44.2 Å². The van der Waals surface area contributed by atoms with Crippen LogP contribution >= 0.6 is 12.6 Å². The van der Waals surface area contributed by atoms with Crippen LogP contribution in [0.3, 0.4) is 0 Å². The molecule has 0 saturated carbocycles. The normalized spacial score (nSPS) is 22.1. The van der Waals surface area contributed by atoms with Gasteiger partial charge in [-0.25, -0.2) is 0 Å². The number of amides is 5. The lowest BCUT2D eigenvalue weighted by Crippen LogP contribution is -2.58. The standard InChI is InChI=1S/C33H47N9O7S/c34-14-2-1-4-23-29(46)42-27(18-50)32(49)41-26(17-20-8-12-22(44)13-9-20)31(48)40-25(16-19-6-10-21(43)11-7-19)30(47)39-24(28(45)38-23)5-3-15-37-33(35)36/h6-13,23-27,43-44,50H,1-5,14-18,34H2,(H,38,45)(H,39,47)(H,40,48)(H,41,49)(H,42,46)(H4,35,36,37)/t23-,24-,25-,26-,27-/m0/s1. The van der Waals surface area contributed by atoms with Gasteiger partial charge in [0, 0.05) is 25.1 Å². The zero-order valence-electron chi connectivity index (χ0n) is 27.6. The van der Waals surface area contributed by atoms with Gasteiger partial charge in [0.05, 0.1) is 0 Å². The number of aromatic hydroxyl groups is 2. The number of benzene rings is 2. The Kier molecular flexibility index (Phi) is 15.6. The first-order valence-corrected chi connectivity index (χ1v) is 17.0. The third-order valence-corrected chi connectivity index (χ3v) is 8.36. The van der Waals surface area contributed by atoms with Gasteiger partial charge in [-0.3, -0.25) is 29.0 Å². The Bertz CT molecular complexity index is 1490. The Morgan fingerprint density at radius 2 is 0.980 bits per heavy atom. The number of unbranched alkanes of at least 4 members (excludes halogenated alkanes) is 1. The van der Waals surface area contributed by atoms with E-state index in [4.69, 9.17) is 17.2 Å². The number of carbonyl (C=O) groups excluding carboxylic acids is 5. The Balaban J connectivity index is 2.05. The monoisotopic (exact) mass is 713 g/mol. The van der Waals surface area contributed by atoms with Gasteiger partial charge in [0.1, 0.15) is 41.7 Å². The second kappa shape index (κ2) is 19.8. The van der Waals surface area contributed by atoms with Gasteiger partial charge < -0.3 is 54.0 Å². The zero-order valence-corrected chi connectivity index (χ0v) is 28.5. The zero-order chi connectivity index (χ0) is 36.6. The summed E-state index contributed by atoms with van der Waals surface area (Å²) in [4.78, 5) is 72.6. The molecule has 1 aliphatic rings. The molecule has 17 heteroatoms. The van der Waals surface area contributed by atoms with Crippen LogP contribution in [0.2, 0.25) is 0 Å². The topological polar surface area (TPSA) is 276 Å². The van der Waals surface area contributed by atoms with Crippen molar-refractivity contribution in [3.8, 4) is 11.5 Å². The molecule has 5 amide bonds. The fraction of sp³-hybridized carbons (Fsp3) is 0.455. The molecule has 0 unspecified atom stereocenters. The van der Waals surface area contributed by atoms with Gasteiger partial charge in [0.15, 0.2) is 5.96 Å². The number of hydrogen-bond acceptors (Lipinski definition) is 10. The number of carbonyl (C=O) groups is 5. The van der Waals surface area contributed by atoms with Gasteiger partial charge in [0.25, 0.3) is 0 Å². The highest BCUT2D eigenvalue weighted by Gasteiger charge is 2.34. The quantitative estimate of drug-likeness (QED) is 0.0491. The smallest absolute Gasteiger partial charge is 0.244 e. The van der Waals surface area contributed by atoms with E-state index in [1.165, 1.54) is 24.3 Å². The summed E-state index contributed by atoms with van der Waals surface area (Å²) < 4.78 is 0. The Morgan fingerprint density at radius 1 is 0.600 bits per heavy atom. The number of phenols is 2. The second-order valence-electron chi connectivity index (χ2n) is 12.0. The van der Waals surface area contributed by atoms with Crippen molar-refractivity contribution in [2.24, 2.45) is 22.2 Å². The SMILES string of the molecule is NCCCC[C@@H]1NC(=O)[C@H](CCCN=C(N)N)NC(=O)[C@H](Cc2ccc(O)cc2)NC(=O)[C@H](Cc2ccc(O)cc2)NC(=O)[C@H](CS)NC1=O. The molecular formula is C33H47N9O7S. The number of aliphatic imine (C=N–C) groups is 1. The second-order valence-corrected chi connectivity index (χ2v) is 12.3. The maximum Gasteiger partial charge on any atom is 0.244 e. The molecule has 1 fully saturated rings. The summed E-state index contributed by atoms with van der Waals surface area (Å²) in [6.07, 6.45) is 1.53. The number of phenolic OH excluding ortho intramolecular Hbond substituents is 2. The van der Waals surface area contributed by atoms with E-state index in [9.17, 15) is 34.2 Å². The molecule has 0 aliphatic carbocycles. The van der Waals surface area contributed by atoms with Gasteiger partial charge in [-0.1, -0.05) is 24.3 Å². The van der Waals surface area contributed by atoms with Crippen LogP contribution in [0.25, 0.3) is 0 Å². The Hall–Kier alpha value is -5.03. The summed E-state index contributed by atoms with van der Waals surface area (Å²) in [6, 6.07) is 6.13. The van der Waals surface area contributed by atoms with Crippen molar-refractivity contribution in [2.75, 3.05) is 18.8 Å². The highest BCUT2D eigenvalue weighted by molar-refractivity contribution is 7.80. The largest absolute Gasteiger partial charge is 0.508 e. The van der Waals surface area contributed by atoms with Crippen LogP contribution in [0.4, 0.5) is 0 Å². The molecule has 1 aliphatic heterocycles. The number of nitrogens with one attached hydrogen (secondary N) is 5. The summed E-state index contributed by atoms with van der Waals surface area (Å²) in [5.41, 5.74) is 17.7. The lowest BCUT2D eigenvalue weighted by molar-refractivity contribution is -0.134. The Labute approximate surface area is 295 Å². The number of nitrogens with zero attached hydrogens (tertiary/aromatic N) is 1. The first-order valence-electron chi connectivity index (χ1n) is 16.3. The van der Waals surface area contributed by atoms with Crippen molar-refractivity contribution < 1.29 is 34.2 Å². The van der Waals surface area contributed by atoms with Crippen molar-refractivity contribution >= 4 is 48.1 Å². The third-order valence-electron chi connectivity index (χ3n) is 7.99. The molecular weight excluding hydrogens is 666 g/mol. The highest BCUT2D eigenvalue weighted by Crippen LogP contribution is 2.15. The molecule has 2 aromatic carbocycles. The first-order chi connectivity index (χ1) is 23.9. The molecule has 0 radical (unpaired) electrons. The van der Waals surface area contributed by atoms with E-state index in [1.54, 1.807) is 24.3 Å². The van der Waals surface area contributed by atoms with Gasteiger partial charge in [-0.05, 0) is 74.0 Å². The van der Waals surface area contributed by atoms with Crippen LogP contribution in [-0.2, 0) is 36.8 Å². The van der Waals surface area contributed by atoms with Gasteiger partial charge in [0.2, 0.25) is 29.5 Å². The van der Waals surface area contributed by atoms with Crippen LogP contribution < -0.4 is 43.8 Å². The molecule has 1 saturated heterocycles. The molecule has 1 heterocycles. The summed E-state index contributed by atoms with van der Waals surface area (Å²) in [5.74, 6) is -3.75. The Morgan fingerprint density at radius 3 is 1.40 bits per heavy atom. The van der Waals surface area contributed by atoms with Crippen LogP contribution in [0, 0.1) is 0 Å². The van der Waals surface area contributed by atoms with Gasteiger partial charge >= 0.3 is 0 Å². The predicted molar refractivity (Wildman–Crippen MR) is 190 cm³/mol. The van der Waals surface area contributed by atoms with Crippen LogP contribution in [0.1, 0.15) is 43.2 Å². The molecule has 2 aromatic rings. The van der Waals surface area contributed by atoms with Crippen molar-refractivity contribution in [3.63, 3.8) is 0 Å². The first kappa shape index (κ1) is 39.4. The molecule has 0 bridgehead atoms. The average Bonchev–Trinajstić information content (AvgIpc) is 3.08. The van der Waals surface area contributed by atoms with E-state index >= 15 is 0 Å². The summed E-state index contributed by atoms with van der Waals surface area (Å²) in [6.45, 7) is 0.520. The average molecular weight is 714 g/mol. The van der Waals surface area contributed by atoms with E-state index in [-0.39, 0.29) is 61.9 Å². The van der Waals surface area contributed by atoms with Crippen molar-refractivity contribution in [2.45, 2.75) is 75.2 Å². The van der Waals surface area contributed by atoms with E-state index in [0.717, 1.165) is 0 Å². The van der Waals surface area contributed by atoms with Gasteiger partial charge in [-0.2, -0.15) is 12.6 Å². The van der Waals surface area contributed by atoms with E-state index < -0.39 is 59.7 Å². The van der Waals surface area contributed by atoms with Crippen molar-refractivity contribution in [1.29, 1.82) is 0 Å². The fourth-order valence-corrected chi connectivity index (χ4v) is 5.50. The van der Waals surface area contributed by atoms with Crippen LogP contribution in [0.5, 0.6) is 11.5 Å². The molecule has 50 heavy (non-hydrogen) atoms. The molecule has 3 rings (SSSR count). The number of hydrogen-bond donors (Lipinski definition) is 11. The summed E-state index contributed by atoms with van der Waals surface area (Å²) >= 11 is 4.26. The lowest BCUT2D eigenvalue weighted by atomic mass is 10.0. The van der Waals surface area contributed by atoms with E-state index in [1.807, 2.05) is 0 Å². The molecule has 16 nitrogen and oxygen atoms in total. The molecule has 5 atom stereocenters. The molecule has 0 spiro atoms. The highest BCUT2D eigenvalue weighted by atomic mass is 32.1. The van der Waals surface area contributed by atoms with E-state index in [0.29, 0.717) is 30.5 Å². The minimum atomic E-state index is -1.25. The maximum absolute atomic E-state index is 13.9. The van der Waals surface area contributed by atoms with Crippen molar-refractivity contribution in [3.05, 3.63) is 59.7 Å². The number of rotatable bonds is 13. The number of guanidine groups is 1. The fourth-order valence-electron chi connectivity index (χ4n) is 5.24. The lowest BCUT2D eigenvalue weighted by Gasteiger charge is -2.26. The van der Waals surface area contributed by atoms with Crippen LogP contribution in [0.15, 0.2) is 53.5 Å². The number of thiol groups is 1. The minimum Gasteiger partial charge on any atom is -0.508 e. The molecule has 0 aromatic heterocycles. The van der Waals surface area contributed by atoms with Crippen molar-refractivity contribution in [1.82, 2.24) is 26.6 Å². The third kappa shape index (κ3) is 12.8. The van der Waals surface area contributed by atoms with Gasteiger partial charge in [-0.15, -0.1) is 0 Å². The summed E-state index contributed by atoms with van der Waals surface area (Å²) in [7, 11) is 0. The summed E-state index contributed by atoms with van der Waals surface area (Å²) in [5, 5.41) is 33.0. The number of nitrogens with two attached hydrogens (primary N) is 3.